The lowest BCUT2D eigenvalue weighted by molar-refractivity contribution is 0.194. The summed E-state index contributed by atoms with van der Waals surface area (Å²) in [4.78, 5) is 1.29. The van der Waals surface area contributed by atoms with Crippen LogP contribution in [0, 0.1) is 0 Å². The summed E-state index contributed by atoms with van der Waals surface area (Å²) in [5, 5.41) is 0. The van der Waals surface area contributed by atoms with E-state index in [2.05, 4.69) is 12.1 Å². The Kier molecular flexibility index (Phi) is 5.49. The van der Waals surface area contributed by atoms with E-state index in [9.17, 15) is 0 Å². The third-order valence-electron chi connectivity index (χ3n) is 1.89. The Labute approximate surface area is 89.8 Å². The van der Waals surface area contributed by atoms with Gasteiger partial charge >= 0.3 is 0 Å². The van der Waals surface area contributed by atoms with Gasteiger partial charge < -0.3 is 10.5 Å². The first kappa shape index (κ1) is 11.4. The molecule has 0 aliphatic rings. The second-order valence-corrected chi connectivity index (χ2v) is 4.29. The number of hydrogen-bond acceptors (Lipinski definition) is 3. The molecule has 3 heteroatoms. The van der Waals surface area contributed by atoms with E-state index in [1.165, 1.54) is 11.3 Å². The zero-order valence-corrected chi connectivity index (χ0v) is 9.35. The summed E-state index contributed by atoms with van der Waals surface area (Å²) >= 11 is 1.87. The maximum absolute atomic E-state index is 5.60. The van der Waals surface area contributed by atoms with Crippen molar-refractivity contribution in [1.29, 1.82) is 0 Å². The van der Waals surface area contributed by atoms with Crippen molar-refractivity contribution in [2.75, 3.05) is 25.2 Å². The van der Waals surface area contributed by atoms with E-state index >= 15 is 0 Å². The van der Waals surface area contributed by atoms with E-state index in [4.69, 9.17) is 10.5 Å². The minimum Gasteiger partial charge on any atom is -0.399 e. The van der Waals surface area contributed by atoms with Gasteiger partial charge in [0.25, 0.3) is 0 Å². The SMILES string of the molecule is COCCCCSc1ccc(N)cc1. The Hall–Kier alpha value is -0.670. The van der Waals surface area contributed by atoms with Crippen LogP contribution in [-0.2, 0) is 4.74 Å². The molecule has 0 saturated carbocycles. The summed E-state index contributed by atoms with van der Waals surface area (Å²) in [5.74, 6) is 1.15. The fourth-order valence-electron chi connectivity index (χ4n) is 1.10. The zero-order chi connectivity index (χ0) is 10.2. The van der Waals surface area contributed by atoms with Gasteiger partial charge in [-0.2, -0.15) is 0 Å². The summed E-state index contributed by atoms with van der Waals surface area (Å²) in [7, 11) is 1.74. The molecule has 0 radical (unpaired) electrons. The molecule has 1 aromatic carbocycles. The van der Waals surface area contributed by atoms with Crippen LogP contribution < -0.4 is 5.73 Å². The van der Waals surface area contributed by atoms with E-state index < -0.39 is 0 Å². The maximum Gasteiger partial charge on any atom is 0.0462 e. The Bertz CT molecular complexity index is 248. The molecule has 14 heavy (non-hydrogen) atoms. The van der Waals surface area contributed by atoms with Crippen molar-refractivity contribution < 1.29 is 4.74 Å². The minimum absolute atomic E-state index is 0.828. The van der Waals surface area contributed by atoms with Crippen LogP contribution in [0.3, 0.4) is 0 Å². The summed E-state index contributed by atoms with van der Waals surface area (Å²) in [6.07, 6.45) is 2.33. The molecule has 0 atom stereocenters. The molecule has 2 N–H and O–H groups in total. The molecule has 0 fully saturated rings. The van der Waals surface area contributed by atoms with Crippen LogP contribution in [0.15, 0.2) is 29.2 Å². The first-order valence-electron chi connectivity index (χ1n) is 4.80. The zero-order valence-electron chi connectivity index (χ0n) is 8.53. The number of rotatable bonds is 6. The van der Waals surface area contributed by atoms with Gasteiger partial charge in [-0.05, 0) is 42.9 Å². The topological polar surface area (TPSA) is 35.2 Å². The lowest BCUT2D eigenvalue weighted by Gasteiger charge is -2.01. The monoisotopic (exact) mass is 211 g/mol. The van der Waals surface area contributed by atoms with Crippen LogP contribution in [0.25, 0.3) is 0 Å². The van der Waals surface area contributed by atoms with E-state index in [-0.39, 0.29) is 0 Å². The van der Waals surface area contributed by atoms with E-state index in [0.29, 0.717) is 0 Å². The molecule has 1 rings (SSSR count). The van der Waals surface area contributed by atoms with Crippen molar-refractivity contribution in [2.45, 2.75) is 17.7 Å². The molecule has 0 aliphatic heterocycles. The lowest BCUT2D eigenvalue weighted by atomic mass is 10.3. The smallest absolute Gasteiger partial charge is 0.0462 e. The number of unbranched alkanes of at least 4 members (excludes halogenated alkanes) is 1. The van der Waals surface area contributed by atoms with Gasteiger partial charge in [0.05, 0.1) is 0 Å². The number of nitrogens with two attached hydrogens (primary N) is 1. The number of benzene rings is 1. The molecule has 0 aliphatic carbocycles. The Morgan fingerprint density at radius 2 is 1.93 bits per heavy atom. The normalized spacial score (nSPS) is 10.4. The highest BCUT2D eigenvalue weighted by Crippen LogP contribution is 2.20. The van der Waals surface area contributed by atoms with Crippen LogP contribution in [0.4, 0.5) is 5.69 Å². The summed E-state index contributed by atoms with van der Waals surface area (Å²) in [6.45, 7) is 0.863. The molecule has 2 nitrogen and oxygen atoms in total. The van der Waals surface area contributed by atoms with Gasteiger partial charge in [0, 0.05) is 24.3 Å². The van der Waals surface area contributed by atoms with Crippen LogP contribution in [0.5, 0.6) is 0 Å². The third kappa shape index (κ3) is 4.53. The fraction of sp³-hybridized carbons (Fsp3) is 0.455. The molecule has 78 valence electrons. The maximum atomic E-state index is 5.60. The Balaban J connectivity index is 2.15. The lowest BCUT2D eigenvalue weighted by Crippen LogP contribution is -1.89. The predicted octanol–water partition coefficient (Wildman–Crippen LogP) is 2.79. The Morgan fingerprint density at radius 1 is 1.21 bits per heavy atom. The molecular weight excluding hydrogens is 194 g/mol. The highest BCUT2D eigenvalue weighted by Gasteiger charge is 1.93. The highest BCUT2D eigenvalue weighted by atomic mass is 32.2. The average Bonchev–Trinajstić information content (AvgIpc) is 2.21. The summed E-state index contributed by atoms with van der Waals surface area (Å²) < 4.78 is 4.98. The van der Waals surface area contributed by atoms with E-state index in [1.54, 1.807) is 7.11 Å². The van der Waals surface area contributed by atoms with Crippen molar-refractivity contribution in [1.82, 2.24) is 0 Å². The average molecular weight is 211 g/mol. The molecule has 1 aromatic rings. The van der Waals surface area contributed by atoms with Gasteiger partial charge in [0.2, 0.25) is 0 Å². The van der Waals surface area contributed by atoms with E-state index in [1.807, 2.05) is 23.9 Å². The van der Waals surface area contributed by atoms with Crippen LogP contribution >= 0.6 is 11.8 Å². The van der Waals surface area contributed by atoms with Crippen LogP contribution in [0.2, 0.25) is 0 Å². The highest BCUT2D eigenvalue weighted by molar-refractivity contribution is 7.99. The number of hydrogen-bond donors (Lipinski definition) is 1. The first-order valence-corrected chi connectivity index (χ1v) is 5.79. The molecule has 0 amide bonds. The van der Waals surface area contributed by atoms with Gasteiger partial charge in [-0.15, -0.1) is 11.8 Å². The number of anilines is 1. The number of methoxy groups -OCH3 is 1. The van der Waals surface area contributed by atoms with Gasteiger partial charge in [-0.1, -0.05) is 0 Å². The first-order chi connectivity index (χ1) is 6.83. The largest absolute Gasteiger partial charge is 0.399 e. The van der Waals surface area contributed by atoms with E-state index in [0.717, 1.165) is 24.5 Å². The van der Waals surface area contributed by atoms with Crippen LogP contribution in [-0.4, -0.2) is 19.5 Å². The number of ether oxygens (including phenoxy) is 1. The molecule has 0 bridgehead atoms. The van der Waals surface area contributed by atoms with Gasteiger partial charge in [0.15, 0.2) is 0 Å². The van der Waals surface area contributed by atoms with Crippen molar-refractivity contribution in [3.8, 4) is 0 Å². The van der Waals surface area contributed by atoms with Crippen molar-refractivity contribution in [2.24, 2.45) is 0 Å². The summed E-state index contributed by atoms with van der Waals surface area (Å²) in [5.41, 5.74) is 6.42. The number of nitrogen functional groups attached to an aromatic ring is 1. The number of thioether (sulfide) groups is 1. The van der Waals surface area contributed by atoms with Crippen molar-refractivity contribution in [3.63, 3.8) is 0 Å². The second-order valence-electron chi connectivity index (χ2n) is 3.12. The predicted molar refractivity (Wildman–Crippen MR) is 62.7 cm³/mol. The summed E-state index contributed by atoms with van der Waals surface area (Å²) in [6, 6.07) is 8.02. The van der Waals surface area contributed by atoms with Gasteiger partial charge in [0.1, 0.15) is 0 Å². The molecule has 0 spiro atoms. The van der Waals surface area contributed by atoms with Crippen molar-refractivity contribution in [3.05, 3.63) is 24.3 Å². The van der Waals surface area contributed by atoms with Crippen molar-refractivity contribution >= 4 is 17.4 Å². The standard InChI is InChI=1S/C11H17NOS/c1-13-8-2-3-9-14-11-6-4-10(12)5-7-11/h4-7H,2-3,8-9,12H2,1H3. The molecular formula is C11H17NOS. The van der Waals surface area contributed by atoms with Gasteiger partial charge in [-0.25, -0.2) is 0 Å². The molecule has 0 saturated heterocycles. The molecule has 0 heterocycles. The Morgan fingerprint density at radius 3 is 2.57 bits per heavy atom. The fourth-order valence-corrected chi connectivity index (χ4v) is 2.02. The molecule has 0 unspecified atom stereocenters. The second kappa shape index (κ2) is 6.74. The third-order valence-corrected chi connectivity index (χ3v) is 2.99. The van der Waals surface area contributed by atoms with Gasteiger partial charge in [-0.3, -0.25) is 0 Å². The quantitative estimate of drug-likeness (QED) is 0.446. The molecule has 0 aromatic heterocycles. The minimum atomic E-state index is 0.828. The van der Waals surface area contributed by atoms with Crippen LogP contribution in [0.1, 0.15) is 12.8 Å².